The van der Waals surface area contributed by atoms with Crippen LogP contribution in [-0.2, 0) is 0 Å². The van der Waals surface area contributed by atoms with Crippen molar-refractivity contribution in [3.63, 3.8) is 0 Å². The molecule has 1 fully saturated rings. The molecule has 1 saturated carbocycles. The van der Waals surface area contributed by atoms with Crippen molar-refractivity contribution in [2.24, 2.45) is 0 Å². The highest BCUT2D eigenvalue weighted by molar-refractivity contribution is 5.93. The quantitative estimate of drug-likeness (QED) is 0.783. The number of amides is 1. The Morgan fingerprint density at radius 2 is 1.72 bits per heavy atom. The van der Waals surface area contributed by atoms with Gasteiger partial charge < -0.3 is 10.6 Å². The van der Waals surface area contributed by atoms with Crippen molar-refractivity contribution < 1.29 is 4.79 Å². The lowest BCUT2D eigenvalue weighted by Gasteiger charge is -2.21. The first-order valence-corrected chi connectivity index (χ1v) is 9.12. The molecule has 4 nitrogen and oxygen atoms in total. The Labute approximate surface area is 150 Å². The molecule has 0 unspecified atom stereocenters. The fourth-order valence-electron chi connectivity index (χ4n) is 2.96. The SMILES string of the molecule is CC(C)c1cccc(C(C)C)c1Nc1ccnc(C(=O)NC2CC2)c1. The first-order valence-electron chi connectivity index (χ1n) is 9.12. The minimum Gasteiger partial charge on any atom is -0.355 e. The van der Waals surface area contributed by atoms with Crippen molar-refractivity contribution in [1.29, 1.82) is 0 Å². The van der Waals surface area contributed by atoms with Crippen molar-refractivity contribution in [3.8, 4) is 0 Å². The van der Waals surface area contributed by atoms with Gasteiger partial charge in [0.05, 0.1) is 0 Å². The second-order valence-corrected chi connectivity index (χ2v) is 7.42. The van der Waals surface area contributed by atoms with Crippen molar-refractivity contribution in [2.75, 3.05) is 5.32 Å². The van der Waals surface area contributed by atoms with Gasteiger partial charge in [0.1, 0.15) is 5.69 Å². The van der Waals surface area contributed by atoms with E-state index in [2.05, 4.69) is 61.5 Å². The molecule has 0 radical (unpaired) electrons. The maximum atomic E-state index is 12.2. The van der Waals surface area contributed by atoms with Gasteiger partial charge in [-0.15, -0.1) is 0 Å². The molecule has 0 bridgehead atoms. The molecule has 0 aliphatic heterocycles. The molecule has 1 amide bonds. The molecule has 1 aliphatic carbocycles. The molecule has 25 heavy (non-hydrogen) atoms. The number of carbonyl (C=O) groups excluding carboxylic acids is 1. The number of nitrogens with one attached hydrogen (secondary N) is 2. The fourth-order valence-corrected chi connectivity index (χ4v) is 2.96. The smallest absolute Gasteiger partial charge is 0.270 e. The van der Waals surface area contributed by atoms with Gasteiger partial charge in [-0.05, 0) is 47.9 Å². The van der Waals surface area contributed by atoms with Crippen LogP contribution in [-0.4, -0.2) is 16.9 Å². The van der Waals surface area contributed by atoms with Crippen molar-refractivity contribution in [1.82, 2.24) is 10.3 Å². The van der Waals surface area contributed by atoms with E-state index in [1.165, 1.54) is 11.1 Å². The fraction of sp³-hybridized carbons (Fsp3) is 0.429. The topological polar surface area (TPSA) is 54.0 Å². The summed E-state index contributed by atoms with van der Waals surface area (Å²) >= 11 is 0. The molecule has 1 aliphatic rings. The monoisotopic (exact) mass is 337 g/mol. The van der Waals surface area contributed by atoms with Gasteiger partial charge in [-0.2, -0.15) is 0 Å². The van der Waals surface area contributed by atoms with E-state index < -0.39 is 0 Å². The van der Waals surface area contributed by atoms with Crippen molar-refractivity contribution in [3.05, 3.63) is 53.3 Å². The molecule has 1 aromatic carbocycles. The first kappa shape index (κ1) is 17.5. The van der Waals surface area contributed by atoms with Crippen LogP contribution in [0.3, 0.4) is 0 Å². The number of para-hydroxylation sites is 1. The predicted molar refractivity (Wildman–Crippen MR) is 103 cm³/mol. The zero-order valence-electron chi connectivity index (χ0n) is 15.5. The maximum absolute atomic E-state index is 12.2. The molecular weight excluding hydrogens is 310 g/mol. The van der Waals surface area contributed by atoms with E-state index in [0.29, 0.717) is 23.6 Å². The van der Waals surface area contributed by atoms with E-state index >= 15 is 0 Å². The number of rotatable bonds is 6. The zero-order valence-corrected chi connectivity index (χ0v) is 15.5. The third-order valence-corrected chi connectivity index (χ3v) is 4.55. The van der Waals surface area contributed by atoms with E-state index in [4.69, 9.17) is 0 Å². The number of anilines is 2. The summed E-state index contributed by atoms with van der Waals surface area (Å²) in [5.41, 5.74) is 5.07. The molecule has 1 heterocycles. The van der Waals surface area contributed by atoms with Gasteiger partial charge in [0.15, 0.2) is 0 Å². The van der Waals surface area contributed by atoms with E-state index in [1.807, 2.05) is 12.1 Å². The molecule has 132 valence electrons. The summed E-state index contributed by atoms with van der Waals surface area (Å²) < 4.78 is 0. The average molecular weight is 337 g/mol. The van der Waals surface area contributed by atoms with Gasteiger partial charge in [0.25, 0.3) is 5.91 Å². The maximum Gasteiger partial charge on any atom is 0.270 e. The number of carbonyl (C=O) groups is 1. The molecular formula is C21H27N3O. The molecule has 0 atom stereocenters. The second kappa shape index (κ2) is 7.26. The standard InChI is InChI=1S/C21H27N3O/c1-13(2)17-6-5-7-18(14(3)4)20(17)23-16-10-11-22-19(12-16)21(25)24-15-8-9-15/h5-7,10-15H,8-9H2,1-4H3,(H,22,23)(H,24,25). The number of nitrogens with zero attached hydrogens (tertiary/aromatic N) is 1. The molecule has 2 N–H and O–H groups in total. The van der Waals surface area contributed by atoms with Crippen LogP contribution in [0.25, 0.3) is 0 Å². The van der Waals surface area contributed by atoms with Gasteiger partial charge in [0.2, 0.25) is 0 Å². The predicted octanol–water partition coefficient (Wildman–Crippen LogP) is 4.96. The van der Waals surface area contributed by atoms with Crippen LogP contribution in [0.1, 0.15) is 74.0 Å². The largest absolute Gasteiger partial charge is 0.355 e. The number of hydrogen-bond acceptors (Lipinski definition) is 3. The van der Waals surface area contributed by atoms with Crippen LogP contribution in [0.4, 0.5) is 11.4 Å². The number of pyridine rings is 1. The van der Waals surface area contributed by atoms with Crippen LogP contribution in [0.5, 0.6) is 0 Å². The molecule has 2 aromatic rings. The normalized spacial score (nSPS) is 14.0. The first-order chi connectivity index (χ1) is 12.0. The second-order valence-electron chi connectivity index (χ2n) is 7.42. The molecule has 3 rings (SSSR count). The van der Waals surface area contributed by atoms with Crippen LogP contribution in [0.2, 0.25) is 0 Å². The summed E-state index contributed by atoms with van der Waals surface area (Å²) in [5.74, 6) is 0.744. The Morgan fingerprint density at radius 1 is 1.08 bits per heavy atom. The van der Waals surface area contributed by atoms with Crippen LogP contribution in [0.15, 0.2) is 36.5 Å². The molecule has 0 saturated heterocycles. The van der Waals surface area contributed by atoms with Crippen molar-refractivity contribution >= 4 is 17.3 Å². The highest BCUT2D eigenvalue weighted by atomic mass is 16.2. The van der Waals surface area contributed by atoms with E-state index in [9.17, 15) is 4.79 Å². The number of hydrogen-bond donors (Lipinski definition) is 2. The summed E-state index contributed by atoms with van der Waals surface area (Å²) in [4.78, 5) is 16.5. The lowest BCUT2D eigenvalue weighted by molar-refractivity contribution is 0.0946. The van der Waals surface area contributed by atoms with Crippen LogP contribution < -0.4 is 10.6 Å². The molecule has 1 aromatic heterocycles. The molecule has 4 heteroatoms. The lowest BCUT2D eigenvalue weighted by atomic mass is 9.92. The van der Waals surface area contributed by atoms with E-state index in [-0.39, 0.29) is 5.91 Å². The Hall–Kier alpha value is -2.36. The van der Waals surface area contributed by atoms with Gasteiger partial charge in [-0.25, -0.2) is 0 Å². The Morgan fingerprint density at radius 3 is 2.28 bits per heavy atom. The lowest BCUT2D eigenvalue weighted by Crippen LogP contribution is -2.26. The summed E-state index contributed by atoms with van der Waals surface area (Å²) in [6.07, 6.45) is 3.84. The Balaban J connectivity index is 1.90. The average Bonchev–Trinajstić information content (AvgIpc) is 3.38. The third kappa shape index (κ3) is 4.19. The van der Waals surface area contributed by atoms with Gasteiger partial charge in [-0.3, -0.25) is 9.78 Å². The van der Waals surface area contributed by atoms with Gasteiger partial charge >= 0.3 is 0 Å². The minimum atomic E-state index is -0.0904. The van der Waals surface area contributed by atoms with Crippen LogP contribution in [0, 0.1) is 0 Å². The van der Waals surface area contributed by atoms with Gasteiger partial charge in [-0.1, -0.05) is 45.9 Å². The molecule has 0 spiro atoms. The highest BCUT2D eigenvalue weighted by Crippen LogP contribution is 2.34. The minimum absolute atomic E-state index is 0.0904. The summed E-state index contributed by atoms with van der Waals surface area (Å²) in [6.45, 7) is 8.80. The number of aromatic nitrogens is 1. The van der Waals surface area contributed by atoms with E-state index in [0.717, 1.165) is 24.2 Å². The van der Waals surface area contributed by atoms with Crippen molar-refractivity contribution in [2.45, 2.75) is 58.4 Å². The zero-order chi connectivity index (χ0) is 18.0. The van der Waals surface area contributed by atoms with E-state index in [1.54, 1.807) is 6.20 Å². The summed E-state index contributed by atoms with van der Waals surface area (Å²) in [6, 6.07) is 10.5. The Kier molecular flexibility index (Phi) is 5.07. The third-order valence-electron chi connectivity index (χ3n) is 4.55. The highest BCUT2D eigenvalue weighted by Gasteiger charge is 2.24. The van der Waals surface area contributed by atoms with Gasteiger partial charge in [0, 0.05) is 23.6 Å². The Bertz CT molecular complexity index is 737. The van der Waals surface area contributed by atoms with Crippen LogP contribution >= 0.6 is 0 Å². The number of benzene rings is 1. The summed E-state index contributed by atoms with van der Waals surface area (Å²) in [7, 11) is 0. The summed E-state index contributed by atoms with van der Waals surface area (Å²) in [5, 5.41) is 6.54.